The molecule has 0 aliphatic carbocycles. The monoisotopic (exact) mass is 427 g/mol. The molecule has 0 radical (unpaired) electrons. The van der Waals surface area contributed by atoms with Crippen LogP contribution in [0.4, 0.5) is 15.8 Å². The maximum absolute atomic E-state index is 15.1. The molecule has 3 aromatic rings. The Morgan fingerprint density at radius 1 is 1.39 bits per heavy atom. The zero-order chi connectivity index (χ0) is 22.1. The summed E-state index contributed by atoms with van der Waals surface area (Å²) in [6.07, 6.45) is 1.84. The average Bonchev–Trinajstić information content (AvgIpc) is 2.76. The molecule has 0 saturated carbocycles. The lowest BCUT2D eigenvalue weighted by molar-refractivity contribution is 0.0694. The van der Waals surface area contributed by atoms with E-state index in [0.717, 1.165) is 5.75 Å². The van der Waals surface area contributed by atoms with Gasteiger partial charge in [-0.3, -0.25) is 4.79 Å². The van der Waals surface area contributed by atoms with Gasteiger partial charge >= 0.3 is 5.97 Å². The maximum atomic E-state index is 15.1. The van der Waals surface area contributed by atoms with E-state index in [1.165, 1.54) is 6.20 Å². The van der Waals surface area contributed by atoms with Gasteiger partial charge in [0.05, 0.1) is 29.2 Å². The molecule has 0 amide bonds. The Kier molecular flexibility index (Phi) is 5.41. The number of para-hydroxylation sites is 1. The number of aromatic nitrogens is 1. The summed E-state index contributed by atoms with van der Waals surface area (Å²) in [5.41, 5.74) is 4.59. The second-order valence-electron chi connectivity index (χ2n) is 7.34. The first-order valence-electron chi connectivity index (χ1n) is 9.87. The van der Waals surface area contributed by atoms with Crippen LogP contribution in [0.3, 0.4) is 0 Å². The number of hydrogen-bond donors (Lipinski definition) is 3. The third kappa shape index (κ3) is 3.63. The van der Waals surface area contributed by atoms with E-state index in [0.29, 0.717) is 19.6 Å². The molecule has 1 unspecified atom stereocenters. The largest absolute Gasteiger partial charge is 0.494 e. The highest BCUT2D eigenvalue weighted by molar-refractivity contribution is 6.03. The Hall–Kier alpha value is -3.75. The maximum Gasteiger partial charge on any atom is 0.341 e. The lowest BCUT2D eigenvalue weighted by Gasteiger charge is -2.29. The van der Waals surface area contributed by atoms with Crippen LogP contribution in [0, 0.1) is 5.82 Å². The van der Waals surface area contributed by atoms with E-state index >= 15 is 4.39 Å². The number of carbonyl (C=O) groups is 1. The van der Waals surface area contributed by atoms with Crippen molar-refractivity contribution in [2.24, 2.45) is 0 Å². The minimum atomic E-state index is -1.39. The van der Waals surface area contributed by atoms with Gasteiger partial charge in [0.15, 0.2) is 11.6 Å². The van der Waals surface area contributed by atoms with Gasteiger partial charge in [0.1, 0.15) is 23.6 Å². The number of aromatic carboxylic acids is 1. The van der Waals surface area contributed by atoms with Gasteiger partial charge in [0.2, 0.25) is 5.43 Å². The molecule has 0 bridgehead atoms. The fourth-order valence-corrected chi connectivity index (χ4v) is 3.65. The van der Waals surface area contributed by atoms with E-state index in [1.807, 2.05) is 37.3 Å². The summed E-state index contributed by atoms with van der Waals surface area (Å²) in [6.45, 7) is 2.80. The number of carboxylic acids is 1. The lowest BCUT2D eigenvalue weighted by atomic mass is 10.0. The van der Waals surface area contributed by atoms with E-state index in [9.17, 15) is 14.7 Å². The van der Waals surface area contributed by atoms with Gasteiger partial charge in [-0.1, -0.05) is 18.2 Å². The number of benzene rings is 2. The van der Waals surface area contributed by atoms with Crippen molar-refractivity contribution in [2.45, 2.75) is 19.4 Å². The number of pyridine rings is 1. The number of ether oxygens (including phenoxy) is 2. The lowest BCUT2D eigenvalue weighted by Crippen LogP contribution is -2.28. The van der Waals surface area contributed by atoms with Crippen LogP contribution in [-0.2, 0) is 0 Å². The molecular formula is C22H22FN3O5. The zero-order valence-electron chi connectivity index (χ0n) is 16.9. The van der Waals surface area contributed by atoms with Crippen molar-refractivity contribution in [2.75, 3.05) is 30.8 Å². The van der Waals surface area contributed by atoms with Crippen LogP contribution >= 0.6 is 0 Å². The second-order valence-corrected chi connectivity index (χ2v) is 7.34. The van der Waals surface area contributed by atoms with Gasteiger partial charge in [-0.05, 0) is 25.5 Å². The number of nitrogens with two attached hydrogens (primary N) is 1. The first-order chi connectivity index (χ1) is 14.9. The number of rotatable bonds is 7. The number of halogens is 1. The second kappa shape index (κ2) is 8.17. The number of hydrogen-bond acceptors (Lipinski definition) is 6. The predicted molar refractivity (Wildman–Crippen MR) is 115 cm³/mol. The van der Waals surface area contributed by atoms with Gasteiger partial charge in [-0.25, -0.2) is 9.18 Å². The highest BCUT2D eigenvalue weighted by Crippen LogP contribution is 2.43. The molecule has 0 saturated heterocycles. The molecule has 8 nitrogen and oxygen atoms in total. The molecule has 31 heavy (non-hydrogen) atoms. The van der Waals surface area contributed by atoms with Crippen molar-refractivity contribution < 1.29 is 23.8 Å². The van der Waals surface area contributed by atoms with Gasteiger partial charge in [-0.2, -0.15) is 0 Å². The Labute approximate surface area is 177 Å². The van der Waals surface area contributed by atoms with Crippen LogP contribution < -0.4 is 26.0 Å². The van der Waals surface area contributed by atoms with Crippen molar-refractivity contribution in [1.82, 2.24) is 4.57 Å². The summed E-state index contributed by atoms with van der Waals surface area (Å²) in [5.74, 6) is -1.34. The van der Waals surface area contributed by atoms with Crippen LogP contribution in [0.25, 0.3) is 10.9 Å². The summed E-state index contributed by atoms with van der Waals surface area (Å²) in [7, 11) is 0. The number of anilines is 2. The van der Waals surface area contributed by atoms with E-state index in [2.05, 4.69) is 5.32 Å². The summed E-state index contributed by atoms with van der Waals surface area (Å²) in [4.78, 5) is 24.2. The smallest absolute Gasteiger partial charge is 0.341 e. The molecule has 162 valence electrons. The molecule has 0 spiro atoms. The van der Waals surface area contributed by atoms with Crippen molar-refractivity contribution >= 4 is 28.2 Å². The topological polar surface area (TPSA) is 116 Å². The van der Waals surface area contributed by atoms with Gasteiger partial charge in [0, 0.05) is 12.7 Å². The minimum absolute atomic E-state index is 0.0489. The highest BCUT2D eigenvalue weighted by Gasteiger charge is 2.30. The molecule has 1 aliphatic heterocycles. The van der Waals surface area contributed by atoms with Crippen molar-refractivity contribution in [3.8, 4) is 11.5 Å². The molecule has 4 N–H and O–H groups in total. The Balaban J connectivity index is 1.66. The van der Waals surface area contributed by atoms with Gasteiger partial charge in [-0.15, -0.1) is 0 Å². The number of nitrogens with zero attached hydrogens (tertiary/aromatic N) is 1. The van der Waals surface area contributed by atoms with Gasteiger partial charge < -0.3 is 30.2 Å². The normalized spacial score (nSPS) is 14.8. The van der Waals surface area contributed by atoms with Crippen LogP contribution in [0.15, 0.2) is 41.3 Å². The van der Waals surface area contributed by atoms with Crippen molar-refractivity contribution in [1.29, 1.82) is 0 Å². The predicted octanol–water partition coefficient (Wildman–Crippen LogP) is 3.26. The molecule has 1 aromatic heterocycles. The van der Waals surface area contributed by atoms with E-state index in [-0.39, 0.29) is 35.0 Å². The SMILES string of the molecule is CC1COc2c(NCCCOc3ccccc3)c(F)c(N)c3c(=O)c(C(=O)O)cn1c23. The molecular weight excluding hydrogens is 405 g/mol. The quantitative estimate of drug-likeness (QED) is 0.391. The molecule has 2 heterocycles. The van der Waals surface area contributed by atoms with E-state index in [1.54, 1.807) is 4.57 Å². The van der Waals surface area contributed by atoms with Crippen molar-refractivity contribution in [3.63, 3.8) is 0 Å². The fraction of sp³-hybridized carbons (Fsp3) is 0.273. The first-order valence-corrected chi connectivity index (χ1v) is 9.87. The molecule has 2 aromatic carbocycles. The summed E-state index contributed by atoms with van der Waals surface area (Å²) < 4.78 is 28.1. The Bertz CT molecular complexity index is 1210. The third-order valence-electron chi connectivity index (χ3n) is 5.21. The fourth-order valence-electron chi connectivity index (χ4n) is 3.65. The van der Waals surface area contributed by atoms with Crippen molar-refractivity contribution in [3.05, 3.63) is 58.1 Å². The molecule has 9 heteroatoms. The summed E-state index contributed by atoms with van der Waals surface area (Å²) in [5, 5.41) is 12.2. The first kappa shape index (κ1) is 20.5. The Morgan fingerprint density at radius 2 is 2.13 bits per heavy atom. The van der Waals surface area contributed by atoms with E-state index in [4.69, 9.17) is 15.2 Å². The van der Waals surface area contributed by atoms with Gasteiger partial charge in [0.25, 0.3) is 0 Å². The average molecular weight is 427 g/mol. The highest BCUT2D eigenvalue weighted by atomic mass is 19.1. The molecule has 1 aliphatic rings. The molecule has 4 rings (SSSR count). The number of carboxylic acid groups (broad SMARTS) is 1. The summed E-state index contributed by atoms with van der Waals surface area (Å²) in [6, 6.07) is 9.08. The molecule has 0 fully saturated rings. The Morgan fingerprint density at radius 3 is 2.84 bits per heavy atom. The standard InChI is InChI=1S/C22H22FN3O5/c1-12-11-31-21-18(25-8-5-9-30-13-6-3-2-4-7-13)16(23)17(24)15-19(21)26(12)10-14(20(15)27)22(28)29/h2-4,6-7,10,12,25H,5,8-9,11,24H2,1H3,(H,28,29). The van der Waals surface area contributed by atoms with E-state index < -0.39 is 28.5 Å². The van der Waals surface area contributed by atoms with Crippen LogP contribution in [0.1, 0.15) is 29.7 Å². The minimum Gasteiger partial charge on any atom is -0.494 e. The number of nitrogen functional groups attached to an aromatic ring is 1. The third-order valence-corrected chi connectivity index (χ3v) is 5.21. The zero-order valence-corrected chi connectivity index (χ0v) is 16.9. The number of nitrogens with one attached hydrogen (secondary N) is 1. The van der Waals surface area contributed by atoms with Crippen LogP contribution in [-0.4, -0.2) is 35.4 Å². The summed E-state index contributed by atoms with van der Waals surface area (Å²) >= 11 is 0. The molecule has 1 atom stereocenters. The van der Waals surface area contributed by atoms with Crippen LogP contribution in [0.2, 0.25) is 0 Å². The van der Waals surface area contributed by atoms with Crippen LogP contribution in [0.5, 0.6) is 11.5 Å².